The monoisotopic (exact) mass is 398 g/mol. The zero-order valence-corrected chi connectivity index (χ0v) is 15.8. The summed E-state index contributed by atoms with van der Waals surface area (Å²) in [5, 5.41) is 78.1. The first-order valence-electron chi connectivity index (χ1n) is 6.39. The van der Waals surface area contributed by atoms with Gasteiger partial charge < -0.3 is 60.3 Å². The first-order valence-corrected chi connectivity index (χ1v) is 6.39. The molecule has 0 spiro atoms. The van der Waals surface area contributed by atoms with E-state index >= 15 is 0 Å². The molecule has 0 aromatic rings. The van der Waals surface area contributed by atoms with Gasteiger partial charge in [-0.3, -0.25) is 0 Å². The fraction of sp³-hybridized carbons (Fsp3) is 0.750. The smallest absolute Gasteiger partial charge is 0.547 e. The van der Waals surface area contributed by atoms with E-state index < -0.39 is 55.2 Å². The summed E-state index contributed by atoms with van der Waals surface area (Å²) in [4.78, 5) is 28.6. The fourth-order valence-corrected chi connectivity index (χ4v) is 0.618. The molecule has 6 atom stereocenters. The van der Waals surface area contributed by atoms with Crippen LogP contribution in [0.4, 0.5) is 0 Å². The van der Waals surface area contributed by atoms with Crippen LogP contribution in [0, 0.1) is 0 Å². The van der Waals surface area contributed by atoms with Crippen LogP contribution in [-0.2, 0) is 14.4 Å². The Balaban J connectivity index is -0.000000144. The fourth-order valence-electron chi connectivity index (χ4n) is 0.618. The minimum atomic E-state index is -1.79. The second-order valence-electron chi connectivity index (χ2n) is 4.35. The van der Waals surface area contributed by atoms with Crippen LogP contribution in [0.3, 0.4) is 0 Å². The minimum Gasteiger partial charge on any atom is -0.547 e. The van der Waals surface area contributed by atoms with Gasteiger partial charge in [-0.1, -0.05) is 0 Å². The van der Waals surface area contributed by atoms with E-state index in [2.05, 4.69) is 0 Å². The molecule has 0 aromatic carbocycles. The van der Waals surface area contributed by atoms with Crippen molar-refractivity contribution < 1.29 is 60.3 Å². The normalized spacial score (nSPS) is 16.7. The summed E-state index contributed by atoms with van der Waals surface area (Å²) in [7, 11) is 0. The van der Waals surface area contributed by atoms with E-state index in [0.717, 1.165) is 13.8 Å². The van der Waals surface area contributed by atoms with Gasteiger partial charge in [0.15, 0.2) is 6.29 Å². The molecule has 0 radical (unpaired) electrons. The number of aldehydes is 1. The molecular formula is C12H22CaO12. The van der Waals surface area contributed by atoms with Crippen molar-refractivity contribution >= 4 is 56.0 Å². The van der Waals surface area contributed by atoms with Gasteiger partial charge in [0.2, 0.25) is 0 Å². The number of aliphatic hydroxyl groups excluding tert-OH is 7. The summed E-state index contributed by atoms with van der Waals surface area (Å²) in [5.41, 5.74) is 0. The molecule has 0 fully saturated rings. The molecule has 0 aliphatic heterocycles. The molecule has 13 heteroatoms. The van der Waals surface area contributed by atoms with E-state index in [-0.39, 0.29) is 44.0 Å². The summed E-state index contributed by atoms with van der Waals surface area (Å²) in [6.45, 7) is 1.51. The maximum Gasteiger partial charge on any atom is 2.00 e. The zero-order valence-electron chi connectivity index (χ0n) is 13.6. The second kappa shape index (κ2) is 18.4. The quantitative estimate of drug-likeness (QED) is 0.156. The molecule has 0 rings (SSSR count). The average Bonchev–Trinajstić information content (AvgIpc) is 2.52. The van der Waals surface area contributed by atoms with Crippen molar-refractivity contribution in [1.82, 2.24) is 0 Å². The van der Waals surface area contributed by atoms with Crippen LogP contribution in [0.15, 0.2) is 0 Å². The zero-order chi connectivity index (χ0) is 20.0. The summed E-state index contributed by atoms with van der Waals surface area (Å²) in [6.07, 6.45) is -9.52. The van der Waals surface area contributed by atoms with Gasteiger partial charge in [0.05, 0.1) is 30.8 Å². The van der Waals surface area contributed by atoms with Crippen molar-refractivity contribution in [2.45, 2.75) is 50.5 Å². The van der Waals surface area contributed by atoms with Crippen LogP contribution in [0.1, 0.15) is 13.8 Å². The van der Waals surface area contributed by atoms with E-state index in [1.165, 1.54) is 0 Å². The Hall–Kier alpha value is -0.410. The molecule has 0 aromatic heterocycles. The van der Waals surface area contributed by atoms with Gasteiger partial charge in [-0.15, -0.1) is 0 Å². The van der Waals surface area contributed by atoms with Crippen LogP contribution in [0.25, 0.3) is 0 Å². The Morgan fingerprint density at radius 2 is 1.16 bits per heavy atom. The molecule has 7 N–H and O–H groups in total. The number of carbonyl (C=O) groups excluding carboxylic acids is 3. The Labute approximate surface area is 173 Å². The molecule has 144 valence electrons. The molecular weight excluding hydrogens is 376 g/mol. The van der Waals surface area contributed by atoms with E-state index in [9.17, 15) is 24.6 Å². The van der Waals surface area contributed by atoms with Gasteiger partial charge in [0.1, 0.15) is 24.4 Å². The Morgan fingerprint density at radius 1 is 0.880 bits per heavy atom. The third-order valence-electron chi connectivity index (χ3n) is 2.10. The first-order chi connectivity index (χ1) is 10.8. The number of rotatable bonds is 7. The number of carbonyl (C=O) groups is 3. The second-order valence-corrected chi connectivity index (χ2v) is 4.35. The molecule has 2 unspecified atom stereocenters. The van der Waals surface area contributed by atoms with Gasteiger partial charge in [0.25, 0.3) is 0 Å². The summed E-state index contributed by atoms with van der Waals surface area (Å²) in [5.74, 6) is -2.87. The predicted octanol–water partition coefficient (Wildman–Crippen LogP) is -7.53. The van der Waals surface area contributed by atoms with Crippen molar-refractivity contribution in [3.8, 4) is 0 Å². The van der Waals surface area contributed by atoms with E-state index in [4.69, 9.17) is 35.7 Å². The summed E-state index contributed by atoms with van der Waals surface area (Å²) < 4.78 is 0. The predicted molar refractivity (Wildman–Crippen MR) is 76.3 cm³/mol. The molecule has 0 aliphatic rings. The van der Waals surface area contributed by atoms with Gasteiger partial charge in [0, 0.05) is 0 Å². The number of carboxylic acids is 2. The number of hydrogen-bond donors (Lipinski definition) is 7. The van der Waals surface area contributed by atoms with Crippen molar-refractivity contribution in [3.05, 3.63) is 0 Å². The molecule has 12 nitrogen and oxygen atoms in total. The standard InChI is InChI=1S/C6H12O6.2C3H6O3.Ca/c7-1-3(9)5(11)6(12)4(10)2-8;2*1-2(4)3(5)6;/h1,3-6,8-12H,2H2;2*2,4H,1H3,(H,5,6);/q;;;+2/p-2/t3-,4+,5+,6+;;;/m0.../s1. The number of carboxylic acid groups (broad SMARTS) is 2. The number of hydrogen-bond acceptors (Lipinski definition) is 12. The Bertz CT molecular complexity index is 344. The number of aliphatic carboxylic acids is 2. The third-order valence-corrected chi connectivity index (χ3v) is 2.10. The summed E-state index contributed by atoms with van der Waals surface area (Å²) in [6, 6.07) is 0. The molecule has 25 heavy (non-hydrogen) atoms. The van der Waals surface area contributed by atoms with Crippen molar-refractivity contribution in [2.75, 3.05) is 6.61 Å². The molecule has 0 saturated heterocycles. The van der Waals surface area contributed by atoms with Crippen LogP contribution in [0.2, 0.25) is 0 Å². The minimum absolute atomic E-state index is 0. The third kappa shape index (κ3) is 19.8. The number of aliphatic hydroxyl groups is 7. The average molecular weight is 398 g/mol. The maximum absolute atomic E-state index is 9.90. The summed E-state index contributed by atoms with van der Waals surface area (Å²) >= 11 is 0. The van der Waals surface area contributed by atoms with E-state index in [1.807, 2.05) is 0 Å². The van der Waals surface area contributed by atoms with E-state index in [0.29, 0.717) is 0 Å². The topological polar surface area (TPSA) is 239 Å². The van der Waals surface area contributed by atoms with Crippen molar-refractivity contribution in [3.63, 3.8) is 0 Å². The van der Waals surface area contributed by atoms with Crippen molar-refractivity contribution in [1.29, 1.82) is 0 Å². The van der Waals surface area contributed by atoms with Crippen LogP contribution >= 0.6 is 0 Å². The molecule has 0 heterocycles. The molecule has 0 amide bonds. The first kappa shape index (κ1) is 32.3. The van der Waals surface area contributed by atoms with Gasteiger partial charge in [-0.2, -0.15) is 0 Å². The SMILES string of the molecule is CC(O)C(=O)[O-].CC(O)C(=O)[O-].O=C[C@H](O)[C@@H](O)[C@H](O)[C@H](O)CO.[Ca+2]. The Kier molecular flexibility index (Phi) is 23.7. The van der Waals surface area contributed by atoms with Crippen LogP contribution in [0.5, 0.6) is 0 Å². The van der Waals surface area contributed by atoms with Gasteiger partial charge >= 0.3 is 37.7 Å². The molecule has 0 saturated carbocycles. The van der Waals surface area contributed by atoms with Gasteiger partial charge in [-0.25, -0.2) is 0 Å². The largest absolute Gasteiger partial charge is 2.00 e. The molecule has 0 bridgehead atoms. The van der Waals surface area contributed by atoms with Crippen LogP contribution in [-0.4, -0.2) is 135 Å². The Morgan fingerprint density at radius 3 is 1.32 bits per heavy atom. The van der Waals surface area contributed by atoms with Crippen LogP contribution < -0.4 is 10.2 Å². The van der Waals surface area contributed by atoms with Gasteiger partial charge in [-0.05, 0) is 13.8 Å². The molecule has 0 aliphatic carbocycles. The van der Waals surface area contributed by atoms with E-state index in [1.54, 1.807) is 0 Å². The van der Waals surface area contributed by atoms with Crippen molar-refractivity contribution in [2.24, 2.45) is 0 Å². The maximum atomic E-state index is 9.90.